The molecule has 0 saturated heterocycles. The summed E-state index contributed by atoms with van der Waals surface area (Å²) in [7, 11) is 0. The molecular weight excluding hydrogens is 308 g/mol. The molecule has 4 nitrogen and oxygen atoms in total. The average molecular weight is 323 g/mol. The van der Waals surface area contributed by atoms with Crippen LogP contribution < -0.4 is 4.74 Å². The maximum Gasteiger partial charge on any atom is 0.165 e. The predicted octanol–water partition coefficient (Wildman–Crippen LogP) is 4.22. The number of hydrogen-bond donors (Lipinski definition) is 0. The van der Waals surface area contributed by atoms with Crippen molar-refractivity contribution in [3.8, 4) is 11.5 Å². The molecule has 0 unspecified atom stereocenters. The molecule has 0 saturated carbocycles. The fourth-order valence-corrected chi connectivity index (χ4v) is 1.99. The molecule has 0 aliphatic carbocycles. The standard InChI is InChI=1S/C14H15BrN2O2/c1-9(2)17-8-12(7-16-17)19-14-6-11(15)4-5-13(14)10(3)18/h4-9H,1-3H3. The minimum atomic E-state index is -0.0289. The molecule has 0 bridgehead atoms. The monoisotopic (exact) mass is 322 g/mol. The van der Waals surface area contributed by atoms with Crippen LogP contribution >= 0.6 is 15.9 Å². The van der Waals surface area contributed by atoms with E-state index < -0.39 is 0 Å². The quantitative estimate of drug-likeness (QED) is 0.791. The van der Waals surface area contributed by atoms with Crippen LogP contribution in [0.25, 0.3) is 0 Å². The molecule has 0 aliphatic heterocycles. The molecule has 19 heavy (non-hydrogen) atoms. The number of hydrogen-bond acceptors (Lipinski definition) is 3. The van der Waals surface area contributed by atoms with Gasteiger partial charge < -0.3 is 4.74 Å². The van der Waals surface area contributed by atoms with Crippen LogP contribution in [0.2, 0.25) is 0 Å². The zero-order valence-corrected chi connectivity index (χ0v) is 12.6. The summed E-state index contributed by atoms with van der Waals surface area (Å²) in [6.45, 7) is 5.60. The first kappa shape index (κ1) is 13.8. The highest BCUT2D eigenvalue weighted by atomic mass is 79.9. The number of carbonyl (C=O) groups excluding carboxylic acids is 1. The van der Waals surface area contributed by atoms with Gasteiger partial charge >= 0.3 is 0 Å². The number of nitrogens with zero attached hydrogens (tertiary/aromatic N) is 2. The van der Waals surface area contributed by atoms with Gasteiger partial charge in [0.25, 0.3) is 0 Å². The Hall–Kier alpha value is -1.62. The summed E-state index contributed by atoms with van der Waals surface area (Å²) in [5.41, 5.74) is 0.556. The van der Waals surface area contributed by atoms with Crippen LogP contribution in [0.4, 0.5) is 0 Å². The summed E-state index contributed by atoms with van der Waals surface area (Å²) in [5.74, 6) is 1.12. The van der Waals surface area contributed by atoms with E-state index in [9.17, 15) is 4.79 Å². The van der Waals surface area contributed by atoms with E-state index in [2.05, 4.69) is 21.0 Å². The second-order valence-corrected chi connectivity index (χ2v) is 5.46. The minimum Gasteiger partial charge on any atom is -0.453 e. The highest BCUT2D eigenvalue weighted by Crippen LogP contribution is 2.29. The molecule has 0 fully saturated rings. The van der Waals surface area contributed by atoms with Crippen molar-refractivity contribution in [2.45, 2.75) is 26.8 Å². The first-order chi connectivity index (χ1) is 8.97. The molecule has 0 N–H and O–H groups in total. The molecule has 2 aromatic rings. The number of ether oxygens (including phenoxy) is 1. The Morgan fingerprint density at radius 3 is 2.74 bits per heavy atom. The molecule has 0 aliphatic rings. The summed E-state index contributed by atoms with van der Waals surface area (Å²) < 4.78 is 8.42. The van der Waals surface area contributed by atoms with E-state index in [4.69, 9.17) is 4.74 Å². The number of rotatable bonds is 4. The topological polar surface area (TPSA) is 44.1 Å². The van der Waals surface area contributed by atoms with Crippen LogP contribution in [0.15, 0.2) is 35.1 Å². The van der Waals surface area contributed by atoms with Gasteiger partial charge in [0, 0.05) is 10.5 Å². The zero-order chi connectivity index (χ0) is 14.0. The first-order valence-electron chi connectivity index (χ1n) is 6.00. The Kier molecular flexibility index (Phi) is 4.04. The van der Waals surface area contributed by atoms with Gasteiger partial charge in [-0.1, -0.05) is 15.9 Å². The summed E-state index contributed by atoms with van der Waals surface area (Å²) >= 11 is 3.38. The van der Waals surface area contributed by atoms with Crippen molar-refractivity contribution < 1.29 is 9.53 Å². The average Bonchev–Trinajstić information content (AvgIpc) is 2.77. The maximum absolute atomic E-state index is 11.6. The van der Waals surface area contributed by atoms with Crippen LogP contribution in [0, 0.1) is 0 Å². The number of halogens is 1. The summed E-state index contributed by atoms with van der Waals surface area (Å²) in [5, 5.41) is 4.20. The molecule has 1 aromatic carbocycles. The molecule has 5 heteroatoms. The molecule has 0 amide bonds. The fraction of sp³-hybridized carbons (Fsp3) is 0.286. The van der Waals surface area contributed by atoms with Gasteiger partial charge in [0.05, 0.1) is 18.0 Å². The largest absolute Gasteiger partial charge is 0.453 e. The van der Waals surface area contributed by atoms with E-state index in [1.165, 1.54) is 6.92 Å². The normalized spacial score (nSPS) is 10.8. The Balaban J connectivity index is 2.31. The third-order valence-electron chi connectivity index (χ3n) is 2.66. The van der Waals surface area contributed by atoms with Crippen LogP contribution in [0.1, 0.15) is 37.2 Å². The Labute approximate surface area is 120 Å². The third-order valence-corrected chi connectivity index (χ3v) is 3.15. The lowest BCUT2D eigenvalue weighted by atomic mass is 10.1. The van der Waals surface area contributed by atoms with Crippen LogP contribution in [0.5, 0.6) is 11.5 Å². The smallest absolute Gasteiger partial charge is 0.165 e. The number of aromatic nitrogens is 2. The van der Waals surface area contributed by atoms with Gasteiger partial charge in [0.2, 0.25) is 0 Å². The summed E-state index contributed by atoms with van der Waals surface area (Å²) in [4.78, 5) is 11.6. The lowest BCUT2D eigenvalue weighted by Crippen LogP contribution is -2.00. The minimum absolute atomic E-state index is 0.0289. The van der Waals surface area contributed by atoms with Gasteiger partial charge in [-0.15, -0.1) is 0 Å². The Morgan fingerprint density at radius 2 is 2.16 bits per heavy atom. The van der Waals surface area contributed by atoms with Crippen molar-refractivity contribution in [2.75, 3.05) is 0 Å². The highest BCUT2D eigenvalue weighted by molar-refractivity contribution is 9.10. The van der Waals surface area contributed by atoms with E-state index in [0.717, 1.165) is 4.47 Å². The van der Waals surface area contributed by atoms with Crippen molar-refractivity contribution >= 4 is 21.7 Å². The molecule has 0 radical (unpaired) electrons. The van der Waals surface area contributed by atoms with Crippen LogP contribution in [-0.2, 0) is 0 Å². The van der Waals surface area contributed by atoms with Crippen molar-refractivity contribution in [3.63, 3.8) is 0 Å². The first-order valence-corrected chi connectivity index (χ1v) is 6.79. The SMILES string of the molecule is CC(=O)c1ccc(Br)cc1Oc1cnn(C(C)C)c1. The van der Waals surface area contributed by atoms with Gasteiger partial charge in [-0.3, -0.25) is 9.48 Å². The lowest BCUT2D eigenvalue weighted by Gasteiger charge is -2.08. The second kappa shape index (κ2) is 5.57. The summed E-state index contributed by atoms with van der Waals surface area (Å²) in [6, 6.07) is 5.62. The number of Topliss-reactive ketones (excluding diaryl/α,β-unsaturated/α-hetero) is 1. The molecule has 0 atom stereocenters. The third kappa shape index (κ3) is 3.23. The van der Waals surface area contributed by atoms with Gasteiger partial charge in [0.15, 0.2) is 11.5 Å². The van der Waals surface area contributed by atoms with Gasteiger partial charge in [-0.25, -0.2) is 0 Å². The van der Waals surface area contributed by atoms with Crippen molar-refractivity contribution in [1.29, 1.82) is 0 Å². The predicted molar refractivity (Wildman–Crippen MR) is 76.8 cm³/mol. The van der Waals surface area contributed by atoms with Crippen molar-refractivity contribution in [3.05, 3.63) is 40.6 Å². The molecule has 1 aromatic heterocycles. The van der Waals surface area contributed by atoms with Crippen LogP contribution in [-0.4, -0.2) is 15.6 Å². The molecular formula is C14H15BrN2O2. The van der Waals surface area contributed by atoms with E-state index >= 15 is 0 Å². The van der Waals surface area contributed by atoms with E-state index in [1.807, 2.05) is 26.1 Å². The number of ketones is 1. The highest BCUT2D eigenvalue weighted by Gasteiger charge is 2.11. The van der Waals surface area contributed by atoms with E-state index in [1.54, 1.807) is 23.0 Å². The van der Waals surface area contributed by atoms with Gasteiger partial charge in [-0.2, -0.15) is 5.10 Å². The maximum atomic E-state index is 11.6. The molecule has 0 spiro atoms. The summed E-state index contributed by atoms with van der Waals surface area (Å²) in [6.07, 6.45) is 3.46. The number of benzene rings is 1. The number of carbonyl (C=O) groups is 1. The molecule has 1 heterocycles. The zero-order valence-electron chi connectivity index (χ0n) is 11.1. The van der Waals surface area contributed by atoms with E-state index in [-0.39, 0.29) is 11.8 Å². The second-order valence-electron chi connectivity index (χ2n) is 4.55. The fourth-order valence-electron chi connectivity index (χ4n) is 1.65. The van der Waals surface area contributed by atoms with Crippen LogP contribution in [0.3, 0.4) is 0 Å². The van der Waals surface area contributed by atoms with Crippen molar-refractivity contribution in [2.24, 2.45) is 0 Å². The van der Waals surface area contributed by atoms with E-state index in [0.29, 0.717) is 17.1 Å². The molecule has 100 valence electrons. The van der Waals surface area contributed by atoms with Gasteiger partial charge in [0.1, 0.15) is 5.75 Å². The Morgan fingerprint density at radius 1 is 1.42 bits per heavy atom. The molecule has 2 rings (SSSR count). The Bertz CT molecular complexity index is 605. The van der Waals surface area contributed by atoms with Gasteiger partial charge in [-0.05, 0) is 39.0 Å². The van der Waals surface area contributed by atoms with Crippen molar-refractivity contribution in [1.82, 2.24) is 9.78 Å². The lowest BCUT2D eigenvalue weighted by molar-refractivity contribution is 0.101.